The number of anilines is 1. The van der Waals surface area contributed by atoms with Gasteiger partial charge < -0.3 is 11.1 Å². The van der Waals surface area contributed by atoms with E-state index in [2.05, 4.69) is 15.3 Å². The van der Waals surface area contributed by atoms with E-state index in [1.54, 1.807) is 0 Å². The van der Waals surface area contributed by atoms with Gasteiger partial charge in [0.05, 0.1) is 5.69 Å². The van der Waals surface area contributed by atoms with E-state index in [4.69, 9.17) is 5.73 Å². The average Bonchev–Trinajstić information content (AvgIpc) is 2.63. The van der Waals surface area contributed by atoms with Crippen molar-refractivity contribution in [3.63, 3.8) is 0 Å². The van der Waals surface area contributed by atoms with Gasteiger partial charge in [-0.1, -0.05) is 0 Å². The predicted octanol–water partition coefficient (Wildman–Crippen LogP) is 0.902. The number of rotatable bonds is 3. The lowest BCUT2D eigenvalue weighted by Gasteiger charge is -2.07. The Kier molecular flexibility index (Phi) is 2.88. The Labute approximate surface area is 87.7 Å². The summed E-state index contributed by atoms with van der Waals surface area (Å²) in [5.41, 5.74) is 9.00. The van der Waals surface area contributed by atoms with Crippen LogP contribution in [-0.2, 0) is 11.5 Å². The fourth-order valence-corrected chi connectivity index (χ4v) is 2.59. The Morgan fingerprint density at radius 2 is 2.29 bits per heavy atom. The molecule has 0 bridgehead atoms. The maximum absolute atomic E-state index is 5.41. The topological polar surface area (TPSA) is 63.8 Å². The summed E-state index contributed by atoms with van der Waals surface area (Å²) in [6.45, 7) is 3.37. The van der Waals surface area contributed by atoms with Crippen LogP contribution in [0.3, 0.4) is 0 Å². The predicted molar refractivity (Wildman–Crippen MR) is 59.3 cm³/mol. The zero-order chi connectivity index (χ0) is 9.97. The van der Waals surface area contributed by atoms with Crippen molar-refractivity contribution in [3.05, 3.63) is 17.0 Å². The molecule has 0 saturated carbocycles. The second-order valence-electron chi connectivity index (χ2n) is 3.27. The van der Waals surface area contributed by atoms with Crippen LogP contribution in [-0.4, -0.2) is 23.1 Å². The molecule has 0 fully saturated rings. The second-order valence-corrected chi connectivity index (χ2v) is 4.25. The first-order chi connectivity index (χ1) is 6.81. The molecule has 0 aromatic carbocycles. The van der Waals surface area contributed by atoms with Gasteiger partial charge in [0.1, 0.15) is 0 Å². The Morgan fingerprint density at radius 1 is 1.43 bits per heavy atom. The van der Waals surface area contributed by atoms with E-state index in [0.29, 0.717) is 12.5 Å². The highest BCUT2D eigenvalue weighted by Gasteiger charge is 2.16. The van der Waals surface area contributed by atoms with E-state index in [1.165, 1.54) is 11.3 Å². The van der Waals surface area contributed by atoms with Crippen molar-refractivity contribution < 1.29 is 0 Å². The monoisotopic (exact) mass is 210 g/mol. The lowest BCUT2D eigenvalue weighted by molar-refractivity contribution is 0.955. The SMILES string of the molecule is Cc1nc(NCCN)nc2c1CSC2. The van der Waals surface area contributed by atoms with Gasteiger partial charge in [0, 0.05) is 35.9 Å². The number of hydrogen-bond donors (Lipinski definition) is 2. The molecule has 0 amide bonds. The van der Waals surface area contributed by atoms with Gasteiger partial charge in [-0.25, -0.2) is 9.97 Å². The van der Waals surface area contributed by atoms with Crippen molar-refractivity contribution in [2.24, 2.45) is 5.73 Å². The minimum absolute atomic E-state index is 0.605. The van der Waals surface area contributed by atoms with E-state index in [0.717, 1.165) is 23.7 Å². The maximum atomic E-state index is 5.41. The lowest BCUT2D eigenvalue weighted by Crippen LogP contribution is -2.15. The summed E-state index contributed by atoms with van der Waals surface area (Å²) < 4.78 is 0. The van der Waals surface area contributed by atoms with Crippen molar-refractivity contribution in [2.75, 3.05) is 18.4 Å². The van der Waals surface area contributed by atoms with Crippen molar-refractivity contribution >= 4 is 17.7 Å². The van der Waals surface area contributed by atoms with E-state index in [9.17, 15) is 0 Å². The Balaban J connectivity index is 2.23. The van der Waals surface area contributed by atoms with Gasteiger partial charge in [0.25, 0.3) is 0 Å². The fraction of sp³-hybridized carbons (Fsp3) is 0.556. The Bertz CT molecular complexity index is 340. The number of aromatic nitrogens is 2. The summed E-state index contributed by atoms with van der Waals surface area (Å²) in [5.74, 6) is 2.78. The third-order valence-corrected chi connectivity index (χ3v) is 3.18. The van der Waals surface area contributed by atoms with E-state index >= 15 is 0 Å². The van der Waals surface area contributed by atoms with Gasteiger partial charge in [0.15, 0.2) is 0 Å². The van der Waals surface area contributed by atoms with Crippen LogP contribution in [0.4, 0.5) is 5.95 Å². The molecule has 2 rings (SSSR count). The van der Waals surface area contributed by atoms with E-state index in [1.807, 2.05) is 18.7 Å². The molecule has 1 aromatic heterocycles. The molecule has 1 aliphatic rings. The molecule has 0 radical (unpaired) electrons. The first-order valence-electron chi connectivity index (χ1n) is 4.69. The van der Waals surface area contributed by atoms with E-state index < -0.39 is 0 Å². The number of fused-ring (bicyclic) bond motifs is 1. The van der Waals surface area contributed by atoms with Crippen molar-refractivity contribution in [1.29, 1.82) is 0 Å². The molecule has 0 atom stereocenters. The molecular formula is C9H14N4S. The fourth-order valence-electron chi connectivity index (χ4n) is 1.48. The van der Waals surface area contributed by atoms with Crippen LogP contribution < -0.4 is 11.1 Å². The molecule has 0 aliphatic carbocycles. The van der Waals surface area contributed by atoms with Gasteiger partial charge in [-0.2, -0.15) is 11.8 Å². The summed E-state index contributed by atoms with van der Waals surface area (Å²) in [6.07, 6.45) is 0. The first kappa shape index (κ1) is 9.73. The zero-order valence-corrected chi connectivity index (χ0v) is 9.02. The van der Waals surface area contributed by atoms with Crippen molar-refractivity contribution in [3.8, 4) is 0 Å². The van der Waals surface area contributed by atoms with Gasteiger partial charge in [-0.3, -0.25) is 0 Å². The van der Waals surface area contributed by atoms with Crippen LogP contribution in [0.15, 0.2) is 0 Å². The minimum Gasteiger partial charge on any atom is -0.353 e. The number of nitrogens with one attached hydrogen (secondary N) is 1. The number of hydrogen-bond acceptors (Lipinski definition) is 5. The van der Waals surface area contributed by atoms with Gasteiger partial charge in [-0.15, -0.1) is 0 Å². The van der Waals surface area contributed by atoms with Crippen LogP contribution in [0.2, 0.25) is 0 Å². The summed E-state index contributed by atoms with van der Waals surface area (Å²) in [6, 6.07) is 0. The molecule has 2 heterocycles. The standard InChI is InChI=1S/C9H14N4S/c1-6-7-4-14-5-8(7)13-9(12-6)11-3-2-10/h2-5,10H2,1H3,(H,11,12,13). The van der Waals surface area contributed by atoms with Gasteiger partial charge >= 0.3 is 0 Å². The molecule has 0 spiro atoms. The van der Waals surface area contributed by atoms with Crippen LogP contribution in [0.25, 0.3) is 0 Å². The average molecular weight is 210 g/mol. The number of thioether (sulfide) groups is 1. The number of nitrogens with zero attached hydrogens (tertiary/aromatic N) is 2. The highest BCUT2D eigenvalue weighted by atomic mass is 32.2. The molecule has 76 valence electrons. The number of aryl methyl sites for hydroxylation is 1. The van der Waals surface area contributed by atoms with Crippen LogP contribution in [0.1, 0.15) is 17.0 Å². The smallest absolute Gasteiger partial charge is 0.223 e. The zero-order valence-electron chi connectivity index (χ0n) is 8.21. The van der Waals surface area contributed by atoms with Crippen LogP contribution in [0, 0.1) is 6.92 Å². The lowest BCUT2D eigenvalue weighted by atomic mass is 10.2. The van der Waals surface area contributed by atoms with Gasteiger partial charge in [0.2, 0.25) is 5.95 Å². The summed E-state index contributed by atoms with van der Waals surface area (Å²) in [4.78, 5) is 8.84. The Hall–Kier alpha value is -0.810. The molecule has 0 saturated heterocycles. The quantitative estimate of drug-likeness (QED) is 0.776. The molecule has 5 heteroatoms. The number of nitrogens with two attached hydrogens (primary N) is 1. The minimum atomic E-state index is 0.605. The highest BCUT2D eigenvalue weighted by molar-refractivity contribution is 7.98. The van der Waals surface area contributed by atoms with Crippen LogP contribution >= 0.6 is 11.8 Å². The first-order valence-corrected chi connectivity index (χ1v) is 5.85. The summed E-state index contributed by atoms with van der Waals surface area (Å²) >= 11 is 1.89. The molecule has 0 unspecified atom stereocenters. The second kappa shape index (κ2) is 4.14. The summed E-state index contributed by atoms with van der Waals surface area (Å²) in [7, 11) is 0. The third kappa shape index (κ3) is 1.83. The highest BCUT2D eigenvalue weighted by Crippen LogP contribution is 2.30. The third-order valence-electron chi connectivity index (χ3n) is 2.21. The van der Waals surface area contributed by atoms with Gasteiger partial charge in [-0.05, 0) is 6.92 Å². The molecule has 3 N–H and O–H groups in total. The normalized spacial score (nSPS) is 14.1. The molecule has 1 aliphatic heterocycles. The molecule has 1 aromatic rings. The molecular weight excluding hydrogens is 196 g/mol. The van der Waals surface area contributed by atoms with Crippen LogP contribution in [0.5, 0.6) is 0 Å². The maximum Gasteiger partial charge on any atom is 0.223 e. The largest absolute Gasteiger partial charge is 0.353 e. The van der Waals surface area contributed by atoms with Crippen molar-refractivity contribution in [2.45, 2.75) is 18.4 Å². The summed E-state index contributed by atoms with van der Waals surface area (Å²) in [5, 5.41) is 3.11. The molecule has 14 heavy (non-hydrogen) atoms. The van der Waals surface area contributed by atoms with E-state index in [-0.39, 0.29) is 0 Å². The Morgan fingerprint density at radius 3 is 3.07 bits per heavy atom. The molecule has 4 nitrogen and oxygen atoms in total. The van der Waals surface area contributed by atoms with Crippen molar-refractivity contribution in [1.82, 2.24) is 9.97 Å².